The van der Waals surface area contributed by atoms with E-state index in [1.54, 1.807) is 28.8 Å². The SMILES string of the molecule is C=C(/C=C\C(=C/N)c1ccc2nnc(COc3ccnc4cc(OC)ccc34)n2n1)NC1CCN(C(=O)OC(C)(C)C)C1. The monoisotopic (exact) mass is 584 g/mol. The van der Waals surface area contributed by atoms with Gasteiger partial charge < -0.3 is 30.2 Å². The molecule has 4 aromatic rings. The molecule has 0 spiro atoms. The van der Waals surface area contributed by atoms with Gasteiger partial charge in [0.05, 0.1) is 18.3 Å². The minimum absolute atomic E-state index is 0.0728. The van der Waals surface area contributed by atoms with Crippen LogP contribution in [0.5, 0.6) is 11.5 Å². The number of carbonyl (C=O) groups is 1. The molecule has 0 aliphatic carbocycles. The molecule has 0 radical (unpaired) electrons. The van der Waals surface area contributed by atoms with E-state index in [1.165, 1.54) is 6.20 Å². The number of aromatic nitrogens is 5. The molecule has 1 amide bonds. The van der Waals surface area contributed by atoms with Crippen LogP contribution >= 0.6 is 0 Å². The number of methoxy groups -OCH3 is 1. The van der Waals surface area contributed by atoms with E-state index in [-0.39, 0.29) is 18.7 Å². The summed E-state index contributed by atoms with van der Waals surface area (Å²) in [6.07, 6.45) is 7.33. The third-order valence-electron chi connectivity index (χ3n) is 6.76. The molecule has 0 saturated carbocycles. The van der Waals surface area contributed by atoms with Crippen LogP contribution in [0.25, 0.3) is 22.1 Å². The van der Waals surface area contributed by atoms with E-state index >= 15 is 0 Å². The number of hydrogen-bond acceptors (Lipinski definition) is 10. The van der Waals surface area contributed by atoms with Crippen molar-refractivity contribution in [3.05, 3.63) is 84.7 Å². The van der Waals surface area contributed by atoms with Crippen molar-refractivity contribution in [2.24, 2.45) is 5.73 Å². The van der Waals surface area contributed by atoms with E-state index in [0.717, 1.165) is 23.1 Å². The van der Waals surface area contributed by atoms with Gasteiger partial charge in [-0.15, -0.1) is 10.2 Å². The third kappa shape index (κ3) is 7.03. The second kappa shape index (κ2) is 12.4. The predicted octanol–water partition coefficient (Wildman–Crippen LogP) is 4.23. The van der Waals surface area contributed by atoms with E-state index in [9.17, 15) is 4.79 Å². The van der Waals surface area contributed by atoms with Gasteiger partial charge >= 0.3 is 6.09 Å². The lowest BCUT2D eigenvalue weighted by Gasteiger charge is -2.24. The summed E-state index contributed by atoms with van der Waals surface area (Å²) in [5, 5.41) is 17.4. The van der Waals surface area contributed by atoms with Gasteiger partial charge in [0.1, 0.15) is 23.7 Å². The maximum atomic E-state index is 12.4. The van der Waals surface area contributed by atoms with Crippen LogP contribution in [0.15, 0.2) is 73.2 Å². The second-order valence-electron chi connectivity index (χ2n) is 11.1. The number of amides is 1. The Bertz CT molecular complexity index is 1710. The van der Waals surface area contributed by atoms with E-state index < -0.39 is 5.60 Å². The lowest BCUT2D eigenvalue weighted by molar-refractivity contribution is 0.0291. The Morgan fingerprint density at radius 2 is 2.02 bits per heavy atom. The van der Waals surface area contributed by atoms with Gasteiger partial charge in [-0.05, 0) is 69.7 Å². The molecule has 3 aromatic heterocycles. The zero-order valence-electron chi connectivity index (χ0n) is 24.8. The van der Waals surface area contributed by atoms with Crippen molar-refractivity contribution in [2.75, 3.05) is 20.2 Å². The van der Waals surface area contributed by atoms with Crippen LogP contribution < -0.4 is 20.5 Å². The van der Waals surface area contributed by atoms with Gasteiger partial charge in [-0.3, -0.25) is 4.98 Å². The fourth-order valence-electron chi connectivity index (χ4n) is 4.67. The molecule has 224 valence electrons. The van der Waals surface area contributed by atoms with Crippen molar-refractivity contribution in [1.82, 2.24) is 35.0 Å². The van der Waals surface area contributed by atoms with E-state index in [2.05, 4.69) is 27.1 Å². The number of nitrogens with zero attached hydrogens (tertiary/aromatic N) is 6. The molecular formula is C31H36N8O4. The standard InChI is InChI=1S/C31H36N8O4/c1-20(34-22-13-15-38(18-22)30(40)43-31(2,3)4)6-7-21(17-32)25-10-11-28-35-36-29(39(28)37-25)19-42-27-12-14-33-26-16-23(41-5)8-9-24(26)27/h6-12,14,16-17,22,34H,1,13,15,18-19,32H2,2-5H3/b7-6-,21-17+. The summed E-state index contributed by atoms with van der Waals surface area (Å²) >= 11 is 0. The Morgan fingerprint density at radius 3 is 2.79 bits per heavy atom. The van der Waals surface area contributed by atoms with E-state index in [1.807, 2.05) is 63.3 Å². The van der Waals surface area contributed by atoms with Gasteiger partial charge in [-0.25, -0.2) is 4.79 Å². The van der Waals surface area contributed by atoms with Gasteiger partial charge in [0.25, 0.3) is 0 Å². The largest absolute Gasteiger partial charge is 0.497 e. The van der Waals surface area contributed by atoms with Crippen LogP contribution in [0, 0.1) is 0 Å². The number of ether oxygens (including phenoxy) is 3. The fourth-order valence-corrected chi connectivity index (χ4v) is 4.67. The molecule has 1 saturated heterocycles. The minimum Gasteiger partial charge on any atom is -0.497 e. The summed E-state index contributed by atoms with van der Waals surface area (Å²) in [4.78, 5) is 18.5. The first kappa shape index (κ1) is 29.4. The molecule has 43 heavy (non-hydrogen) atoms. The summed E-state index contributed by atoms with van der Waals surface area (Å²) in [6, 6.07) is 11.2. The number of likely N-dealkylation sites (tertiary alicyclic amines) is 1. The van der Waals surface area contributed by atoms with Gasteiger partial charge in [-0.1, -0.05) is 6.58 Å². The van der Waals surface area contributed by atoms with Crippen molar-refractivity contribution in [2.45, 2.75) is 45.4 Å². The molecule has 1 atom stereocenters. The molecule has 5 rings (SSSR count). The van der Waals surface area contributed by atoms with Crippen LogP contribution in [0.1, 0.15) is 38.7 Å². The first-order valence-corrected chi connectivity index (χ1v) is 13.9. The number of rotatable bonds is 9. The average Bonchev–Trinajstić information content (AvgIpc) is 3.62. The smallest absolute Gasteiger partial charge is 0.410 e. The van der Waals surface area contributed by atoms with E-state index in [0.29, 0.717) is 47.3 Å². The number of benzene rings is 1. The first-order valence-electron chi connectivity index (χ1n) is 13.9. The van der Waals surface area contributed by atoms with Crippen LogP contribution in [-0.4, -0.2) is 67.6 Å². The lowest BCUT2D eigenvalue weighted by atomic mass is 10.1. The van der Waals surface area contributed by atoms with Crippen molar-refractivity contribution in [1.29, 1.82) is 0 Å². The zero-order chi connectivity index (χ0) is 30.6. The molecule has 0 bridgehead atoms. The molecule has 1 aliphatic heterocycles. The van der Waals surface area contributed by atoms with Gasteiger partial charge in [-0.2, -0.15) is 9.61 Å². The maximum Gasteiger partial charge on any atom is 0.410 e. The highest BCUT2D eigenvalue weighted by atomic mass is 16.6. The molecule has 1 unspecified atom stereocenters. The number of hydrogen-bond donors (Lipinski definition) is 2. The summed E-state index contributed by atoms with van der Waals surface area (Å²) in [5.41, 5.74) is 8.79. The van der Waals surface area contributed by atoms with Crippen molar-refractivity contribution < 1.29 is 19.0 Å². The first-order chi connectivity index (χ1) is 20.6. The molecule has 1 fully saturated rings. The highest BCUT2D eigenvalue weighted by Gasteiger charge is 2.29. The Kier molecular flexibility index (Phi) is 8.46. The van der Waals surface area contributed by atoms with Gasteiger partial charge in [0.15, 0.2) is 11.5 Å². The third-order valence-corrected chi connectivity index (χ3v) is 6.76. The molecule has 1 aromatic carbocycles. The van der Waals surface area contributed by atoms with E-state index in [4.69, 9.17) is 25.0 Å². The maximum absolute atomic E-state index is 12.4. The van der Waals surface area contributed by atoms with Crippen LogP contribution in [0.2, 0.25) is 0 Å². The topological polar surface area (TPSA) is 142 Å². The van der Waals surface area contributed by atoms with Crippen molar-refractivity contribution in [3.8, 4) is 11.5 Å². The van der Waals surface area contributed by atoms with Crippen molar-refractivity contribution in [3.63, 3.8) is 0 Å². The number of allylic oxidation sites excluding steroid dienone is 3. The fraction of sp³-hybridized carbons (Fsp3) is 0.323. The number of nitrogens with two attached hydrogens (primary N) is 1. The van der Waals surface area contributed by atoms with Gasteiger partial charge in [0, 0.05) is 54.3 Å². The molecule has 12 nitrogen and oxygen atoms in total. The number of carbonyl (C=O) groups excluding carboxylic acids is 1. The summed E-state index contributed by atoms with van der Waals surface area (Å²) in [5.74, 6) is 1.91. The molecular weight excluding hydrogens is 548 g/mol. The highest BCUT2D eigenvalue weighted by Crippen LogP contribution is 2.27. The van der Waals surface area contributed by atoms with Crippen LogP contribution in [0.4, 0.5) is 4.79 Å². The Hall–Kier alpha value is -5.13. The highest BCUT2D eigenvalue weighted by molar-refractivity contribution is 5.86. The average molecular weight is 585 g/mol. The minimum atomic E-state index is -0.527. The summed E-state index contributed by atoms with van der Waals surface area (Å²) in [6.45, 7) is 11.0. The summed E-state index contributed by atoms with van der Waals surface area (Å²) in [7, 11) is 1.62. The van der Waals surface area contributed by atoms with Crippen LogP contribution in [-0.2, 0) is 11.3 Å². The number of fused-ring (bicyclic) bond motifs is 2. The lowest BCUT2D eigenvalue weighted by Crippen LogP contribution is -2.37. The quantitative estimate of drug-likeness (QED) is 0.275. The normalized spacial score (nSPS) is 15.8. The Morgan fingerprint density at radius 1 is 1.19 bits per heavy atom. The Labute approximate surface area is 249 Å². The van der Waals surface area contributed by atoms with Crippen molar-refractivity contribution >= 4 is 28.2 Å². The zero-order valence-corrected chi connectivity index (χ0v) is 24.8. The van der Waals surface area contributed by atoms with Gasteiger partial charge in [0.2, 0.25) is 0 Å². The number of pyridine rings is 1. The molecule has 1 aliphatic rings. The number of nitrogens with one attached hydrogen (secondary N) is 1. The predicted molar refractivity (Wildman–Crippen MR) is 163 cm³/mol. The van der Waals surface area contributed by atoms with Crippen LogP contribution in [0.3, 0.4) is 0 Å². The molecule has 12 heteroatoms. The second-order valence-corrected chi connectivity index (χ2v) is 11.1. The summed E-state index contributed by atoms with van der Waals surface area (Å²) < 4.78 is 18.5. The molecule has 3 N–H and O–H groups in total. The Balaban J connectivity index is 1.23. The molecule has 4 heterocycles.